The van der Waals surface area contributed by atoms with Crippen LogP contribution in [0.2, 0.25) is 0 Å². The molecule has 1 aliphatic heterocycles. The highest BCUT2D eigenvalue weighted by atomic mass is 32.1. The average Bonchev–Trinajstić information content (AvgIpc) is 3.05. The van der Waals surface area contributed by atoms with E-state index in [4.69, 9.17) is 0 Å². The molecule has 1 N–H and O–H groups in total. The highest BCUT2D eigenvalue weighted by Gasteiger charge is 2.31. The predicted molar refractivity (Wildman–Crippen MR) is 79.2 cm³/mol. The summed E-state index contributed by atoms with van der Waals surface area (Å²) in [4.78, 5) is 16.3. The fourth-order valence-electron chi connectivity index (χ4n) is 2.53. The van der Waals surface area contributed by atoms with E-state index in [0.717, 1.165) is 32.6 Å². The zero-order valence-corrected chi connectivity index (χ0v) is 12.6. The summed E-state index contributed by atoms with van der Waals surface area (Å²) in [7, 11) is 0. The van der Waals surface area contributed by atoms with E-state index in [0.29, 0.717) is 6.54 Å². The third-order valence-electron chi connectivity index (χ3n) is 3.71. The van der Waals surface area contributed by atoms with Gasteiger partial charge in [0.05, 0.1) is 6.54 Å². The van der Waals surface area contributed by atoms with Crippen molar-refractivity contribution in [3.63, 3.8) is 0 Å². The van der Waals surface area contributed by atoms with Gasteiger partial charge in [0, 0.05) is 6.54 Å². The lowest BCUT2D eigenvalue weighted by Crippen LogP contribution is -2.33. The number of carbonyl (C=O) groups excluding carboxylic acids is 1. The van der Waals surface area contributed by atoms with Crippen LogP contribution in [0.5, 0.6) is 0 Å². The molecule has 0 aromatic carbocycles. The molecule has 1 amide bonds. The van der Waals surface area contributed by atoms with Gasteiger partial charge in [-0.2, -0.15) is 11.3 Å². The number of nitrogens with zero attached hydrogens (tertiary/aromatic N) is 2. The van der Waals surface area contributed by atoms with Gasteiger partial charge < -0.3 is 9.80 Å². The Balaban J connectivity index is 1.88. The quantitative estimate of drug-likeness (QED) is 0.829. The molecule has 0 spiro atoms. The van der Waals surface area contributed by atoms with Crippen molar-refractivity contribution in [2.75, 3.05) is 32.7 Å². The summed E-state index contributed by atoms with van der Waals surface area (Å²) in [5, 5.41) is 7.48. The van der Waals surface area contributed by atoms with E-state index in [1.54, 1.807) is 11.3 Å². The minimum absolute atomic E-state index is 0.0791. The van der Waals surface area contributed by atoms with Crippen molar-refractivity contribution in [3.8, 4) is 0 Å². The molecule has 0 bridgehead atoms. The predicted octanol–water partition coefficient (Wildman–Crippen LogP) is 1.91. The first-order chi connectivity index (χ1) is 9.26. The molecule has 1 aromatic rings. The SMILES string of the molecule is CCN(CC)CCCN1C(=O)CNC1c1ccsc1. The van der Waals surface area contributed by atoms with E-state index in [2.05, 4.69) is 40.9 Å². The zero-order valence-electron chi connectivity index (χ0n) is 11.8. The number of nitrogens with one attached hydrogen (secondary N) is 1. The number of hydrogen-bond donors (Lipinski definition) is 1. The van der Waals surface area contributed by atoms with Crippen molar-refractivity contribution in [2.24, 2.45) is 0 Å². The summed E-state index contributed by atoms with van der Waals surface area (Å²) >= 11 is 1.68. The number of rotatable bonds is 7. The Kier molecular flexibility index (Phi) is 5.36. The number of thiophene rings is 1. The summed E-state index contributed by atoms with van der Waals surface area (Å²) in [5.74, 6) is 0.218. The average molecular weight is 281 g/mol. The molecule has 4 nitrogen and oxygen atoms in total. The maximum Gasteiger partial charge on any atom is 0.238 e. The van der Waals surface area contributed by atoms with Crippen LogP contribution in [-0.4, -0.2) is 48.4 Å². The van der Waals surface area contributed by atoms with E-state index in [-0.39, 0.29) is 12.1 Å². The molecule has 1 fully saturated rings. The smallest absolute Gasteiger partial charge is 0.238 e. The van der Waals surface area contributed by atoms with Gasteiger partial charge in [-0.25, -0.2) is 0 Å². The first-order valence-corrected chi connectivity index (χ1v) is 7.97. The number of carbonyl (C=O) groups is 1. The van der Waals surface area contributed by atoms with Crippen LogP contribution >= 0.6 is 11.3 Å². The summed E-state index contributed by atoms with van der Waals surface area (Å²) in [5.41, 5.74) is 1.21. The Hall–Kier alpha value is -0.910. The van der Waals surface area contributed by atoms with Crippen LogP contribution in [-0.2, 0) is 4.79 Å². The maximum absolute atomic E-state index is 11.9. The van der Waals surface area contributed by atoms with Crippen LogP contribution in [0.15, 0.2) is 16.8 Å². The molecular formula is C14H23N3OS. The molecule has 106 valence electrons. The second-order valence-electron chi connectivity index (χ2n) is 4.81. The van der Waals surface area contributed by atoms with Gasteiger partial charge in [-0.3, -0.25) is 10.1 Å². The molecule has 0 saturated carbocycles. The van der Waals surface area contributed by atoms with Crippen molar-refractivity contribution < 1.29 is 4.79 Å². The van der Waals surface area contributed by atoms with E-state index in [9.17, 15) is 4.79 Å². The fourth-order valence-corrected chi connectivity index (χ4v) is 3.21. The summed E-state index contributed by atoms with van der Waals surface area (Å²) in [6.45, 7) is 8.88. The second-order valence-corrected chi connectivity index (χ2v) is 5.59. The highest BCUT2D eigenvalue weighted by Crippen LogP contribution is 2.24. The molecule has 1 atom stereocenters. The largest absolute Gasteiger partial charge is 0.322 e. The lowest BCUT2D eigenvalue weighted by atomic mass is 10.2. The van der Waals surface area contributed by atoms with Gasteiger partial charge in [-0.05, 0) is 48.4 Å². The summed E-state index contributed by atoms with van der Waals surface area (Å²) < 4.78 is 0. The molecule has 1 unspecified atom stereocenters. The van der Waals surface area contributed by atoms with Crippen molar-refractivity contribution in [1.29, 1.82) is 0 Å². The Morgan fingerprint density at radius 3 is 2.89 bits per heavy atom. The first-order valence-electron chi connectivity index (χ1n) is 7.03. The van der Waals surface area contributed by atoms with Gasteiger partial charge in [0.2, 0.25) is 5.91 Å². The molecule has 1 aromatic heterocycles. The Morgan fingerprint density at radius 1 is 1.47 bits per heavy atom. The Bertz CT molecular complexity index is 389. The minimum Gasteiger partial charge on any atom is -0.322 e. The van der Waals surface area contributed by atoms with Gasteiger partial charge in [0.1, 0.15) is 6.17 Å². The summed E-state index contributed by atoms with van der Waals surface area (Å²) in [6, 6.07) is 2.10. The monoisotopic (exact) mass is 281 g/mol. The van der Waals surface area contributed by atoms with Crippen LogP contribution in [0.25, 0.3) is 0 Å². The molecule has 1 aliphatic rings. The van der Waals surface area contributed by atoms with Crippen LogP contribution < -0.4 is 5.32 Å². The molecule has 2 heterocycles. The lowest BCUT2D eigenvalue weighted by Gasteiger charge is -2.25. The third-order valence-corrected chi connectivity index (χ3v) is 4.41. The van der Waals surface area contributed by atoms with E-state index >= 15 is 0 Å². The maximum atomic E-state index is 11.9. The highest BCUT2D eigenvalue weighted by molar-refractivity contribution is 7.07. The van der Waals surface area contributed by atoms with Gasteiger partial charge in [-0.15, -0.1) is 0 Å². The molecule has 2 rings (SSSR count). The standard InChI is InChI=1S/C14H23N3OS/c1-3-16(4-2)7-5-8-17-13(18)10-15-14(17)12-6-9-19-11-12/h6,9,11,14-15H,3-5,7-8,10H2,1-2H3. The number of amides is 1. The van der Waals surface area contributed by atoms with Crippen molar-refractivity contribution >= 4 is 17.2 Å². The molecular weight excluding hydrogens is 258 g/mol. The normalized spacial score (nSPS) is 19.6. The minimum atomic E-state index is 0.0791. The van der Waals surface area contributed by atoms with Gasteiger partial charge >= 0.3 is 0 Å². The number of hydrogen-bond acceptors (Lipinski definition) is 4. The van der Waals surface area contributed by atoms with Crippen molar-refractivity contribution in [2.45, 2.75) is 26.4 Å². The molecule has 1 saturated heterocycles. The van der Waals surface area contributed by atoms with E-state index in [1.165, 1.54) is 5.56 Å². The molecule has 19 heavy (non-hydrogen) atoms. The van der Waals surface area contributed by atoms with Crippen LogP contribution in [0.3, 0.4) is 0 Å². The topological polar surface area (TPSA) is 35.6 Å². The van der Waals surface area contributed by atoms with Crippen LogP contribution in [0.1, 0.15) is 32.0 Å². The van der Waals surface area contributed by atoms with Crippen molar-refractivity contribution in [1.82, 2.24) is 15.1 Å². The van der Waals surface area contributed by atoms with Crippen molar-refractivity contribution in [3.05, 3.63) is 22.4 Å². The van der Waals surface area contributed by atoms with Gasteiger partial charge in [0.25, 0.3) is 0 Å². The Labute approximate surface area is 119 Å². The van der Waals surface area contributed by atoms with Gasteiger partial charge in [0.15, 0.2) is 0 Å². The zero-order chi connectivity index (χ0) is 13.7. The fraction of sp³-hybridized carbons (Fsp3) is 0.643. The molecule has 5 heteroatoms. The molecule has 0 radical (unpaired) electrons. The summed E-state index contributed by atoms with van der Waals surface area (Å²) in [6.07, 6.45) is 1.12. The van der Waals surface area contributed by atoms with E-state index in [1.807, 2.05) is 4.90 Å². The second kappa shape index (κ2) is 7.03. The third kappa shape index (κ3) is 3.55. The Morgan fingerprint density at radius 2 is 2.26 bits per heavy atom. The first kappa shape index (κ1) is 14.5. The lowest BCUT2D eigenvalue weighted by molar-refractivity contribution is -0.128. The van der Waals surface area contributed by atoms with Gasteiger partial charge in [-0.1, -0.05) is 13.8 Å². The van der Waals surface area contributed by atoms with Crippen LogP contribution in [0.4, 0.5) is 0 Å². The van der Waals surface area contributed by atoms with E-state index < -0.39 is 0 Å². The van der Waals surface area contributed by atoms with Crippen LogP contribution in [0, 0.1) is 0 Å². The molecule has 0 aliphatic carbocycles.